The van der Waals surface area contributed by atoms with E-state index in [-0.39, 0.29) is 5.91 Å². The zero-order valence-corrected chi connectivity index (χ0v) is 16.4. The van der Waals surface area contributed by atoms with Gasteiger partial charge in [-0.1, -0.05) is 11.8 Å². The van der Waals surface area contributed by atoms with Crippen molar-refractivity contribution in [3.8, 4) is 10.6 Å². The molecule has 0 aliphatic carbocycles. The third kappa shape index (κ3) is 5.10. The first-order valence-electron chi connectivity index (χ1n) is 7.75. The van der Waals surface area contributed by atoms with E-state index in [1.807, 2.05) is 6.92 Å². The van der Waals surface area contributed by atoms with Gasteiger partial charge in [0.2, 0.25) is 11.1 Å². The van der Waals surface area contributed by atoms with Crippen molar-refractivity contribution in [2.75, 3.05) is 12.3 Å². The van der Waals surface area contributed by atoms with Crippen LogP contribution in [-0.4, -0.2) is 43.4 Å². The summed E-state index contributed by atoms with van der Waals surface area (Å²) >= 11 is 4.87. The van der Waals surface area contributed by atoms with Crippen molar-refractivity contribution >= 4 is 40.3 Å². The van der Waals surface area contributed by atoms with Crippen LogP contribution >= 0.6 is 34.4 Å². The number of aromatic nitrogens is 5. The van der Waals surface area contributed by atoms with Gasteiger partial charge in [0.15, 0.2) is 0 Å². The van der Waals surface area contributed by atoms with E-state index in [9.17, 15) is 4.79 Å². The molecule has 0 saturated carbocycles. The average Bonchev–Trinajstić information content (AvgIpc) is 3.30. The number of tetrazole rings is 1. The maximum atomic E-state index is 11.9. The second-order valence-electron chi connectivity index (χ2n) is 5.30. The number of hydrogen-bond acceptors (Lipinski definition) is 8. The number of thiophene rings is 1. The van der Waals surface area contributed by atoms with E-state index in [4.69, 9.17) is 0 Å². The molecule has 0 unspecified atom stereocenters. The van der Waals surface area contributed by atoms with Crippen LogP contribution in [0.25, 0.3) is 10.6 Å². The molecule has 0 aromatic carbocycles. The normalized spacial score (nSPS) is 11.0. The number of carbonyl (C=O) groups excluding carboxylic acids is 1. The van der Waals surface area contributed by atoms with Crippen molar-refractivity contribution < 1.29 is 4.79 Å². The van der Waals surface area contributed by atoms with E-state index in [1.54, 1.807) is 34.4 Å². The van der Waals surface area contributed by atoms with Gasteiger partial charge in [-0.15, -0.1) is 27.8 Å². The summed E-state index contributed by atoms with van der Waals surface area (Å²) in [7, 11) is 1.78. The van der Waals surface area contributed by atoms with Gasteiger partial charge in [-0.05, 0) is 35.9 Å². The standard InChI is InChI=1S/C15H18N6OS3/c1-10-17-12(9-24-10)13-4-3-11(25-13)5-7-16-14(22)6-8-23-15-18-19-20-21(15)2/h3-4,9H,5-8H2,1-2H3,(H,16,22). The van der Waals surface area contributed by atoms with E-state index in [0.717, 1.165) is 22.3 Å². The fourth-order valence-electron chi connectivity index (χ4n) is 2.12. The lowest BCUT2D eigenvalue weighted by Crippen LogP contribution is -2.25. The fraction of sp³-hybridized carbons (Fsp3) is 0.400. The third-order valence-electron chi connectivity index (χ3n) is 3.37. The van der Waals surface area contributed by atoms with E-state index in [2.05, 4.69) is 43.3 Å². The molecule has 0 radical (unpaired) electrons. The Morgan fingerprint density at radius 1 is 1.40 bits per heavy atom. The minimum Gasteiger partial charge on any atom is -0.356 e. The van der Waals surface area contributed by atoms with E-state index in [0.29, 0.717) is 18.7 Å². The van der Waals surface area contributed by atoms with Crippen LogP contribution in [-0.2, 0) is 18.3 Å². The number of nitrogens with one attached hydrogen (secondary N) is 1. The van der Waals surface area contributed by atoms with Crippen molar-refractivity contribution in [1.29, 1.82) is 0 Å². The first kappa shape index (κ1) is 18.0. The molecule has 0 saturated heterocycles. The number of thiazole rings is 1. The fourth-order valence-corrected chi connectivity index (χ4v) is 4.56. The Bertz CT molecular complexity index is 840. The van der Waals surface area contributed by atoms with Gasteiger partial charge in [-0.3, -0.25) is 4.79 Å². The molecule has 1 amide bonds. The van der Waals surface area contributed by atoms with Crippen LogP contribution in [0.15, 0.2) is 22.7 Å². The largest absolute Gasteiger partial charge is 0.356 e. The van der Waals surface area contributed by atoms with Gasteiger partial charge in [-0.25, -0.2) is 9.67 Å². The number of amides is 1. The smallest absolute Gasteiger partial charge is 0.220 e. The van der Waals surface area contributed by atoms with Gasteiger partial charge in [-0.2, -0.15) is 0 Å². The van der Waals surface area contributed by atoms with Gasteiger partial charge >= 0.3 is 0 Å². The molecule has 1 N–H and O–H groups in total. The van der Waals surface area contributed by atoms with E-state index in [1.165, 1.54) is 21.5 Å². The second-order valence-corrected chi connectivity index (χ2v) is 8.59. The number of thioether (sulfide) groups is 1. The average molecular weight is 395 g/mol. The molecule has 3 rings (SSSR count). The molecule has 0 aliphatic rings. The van der Waals surface area contributed by atoms with Crippen molar-refractivity contribution in [2.24, 2.45) is 7.05 Å². The minimum atomic E-state index is 0.0505. The minimum absolute atomic E-state index is 0.0505. The molecule has 0 atom stereocenters. The predicted molar refractivity (Wildman–Crippen MR) is 101 cm³/mol. The highest BCUT2D eigenvalue weighted by Crippen LogP contribution is 2.29. The summed E-state index contributed by atoms with van der Waals surface area (Å²) in [5.74, 6) is 0.710. The summed E-state index contributed by atoms with van der Waals surface area (Å²) in [6.07, 6.45) is 1.28. The second kappa shape index (κ2) is 8.54. The lowest BCUT2D eigenvalue weighted by Gasteiger charge is -2.03. The van der Waals surface area contributed by atoms with Crippen LogP contribution in [0.4, 0.5) is 0 Å². The van der Waals surface area contributed by atoms with Gasteiger partial charge in [0.05, 0.1) is 15.6 Å². The van der Waals surface area contributed by atoms with Crippen molar-refractivity contribution in [2.45, 2.75) is 24.9 Å². The van der Waals surface area contributed by atoms with Crippen LogP contribution < -0.4 is 5.32 Å². The Hall–Kier alpha value is -1.78. The summed E-state index contributed by atoms with van der Waals surface area (Å²) in [5.41, 5.74) is 1.04. The summed E-state index contributed by atoms with van der Waals surface area (Å²) in [6.45, 7) is 2.66. The summed E-state index contributed by atoms with van der Waals surface area (Å²) < 4.78 is 1.60. The Kier molecular flexibility index (Phi) is 6.16. The highest BCUT2D eigenvalue weighted by molar-refractivity contribution is 7.99. The molecule has 3 heterocycles. The zero-order valence-electron chi connectivity index (χ0n) is 13.9. The lowest BCUT2D eigenvalue weighted by molar-refractivity contribution is -0.120. The highest BCUT2D eigenvalue weighted by Gasteiger charge is 2.08. The summed E-state index contributed by atoms with van der Waals surface area (Å²) in [5, 5.41) is 18.0. The predicted octanol–water partition coefficient (Wildman–Crippen LogP) is 2.54. The SMILES string of the molecule is Cc1nc(-c2ccc(CCNC(=O)CCSc3nnnn3C)s2)cs1. The van der Waals surface area contributed by atoms with Crippen LogP contribution in [0.1, 0.15) is 16.3 Å². The molecular weight excluding hydrogens is 376 g/mol. The zero-order chi connectivity index (χ0) is 17.6. The summed E-state index contributed by atoms with van der Waals surface area (Å²) in [6, 6.07) is 4.21. The van der Waals surface area contributed by atoms with Crippen LogP contribution in [0.2, 0.25) is 0 Å². The Labute approximate surface area is 157 Å². The topological polar surface area (TPSA) is 85.6 Å². The molecule has 7 nitrogen and oxygen atoms in total. The monoisotopic (exact) mass is 394 g/mol. The number of nitrogens with zero attached hydrogens (tertiary/aromatic N) is 5. The molecule has 10 heteroatoms. The van der Waals surface area contributed by atoms with Gasteiger partial charge in [0, 0.05) is 36.0 Å². The molecule has 25 heavy (non-hydrogen) atoms. The molecule has 0 spiro atoms. The third-order valence-corrected chi connectivity index (χ3v) is 6.32. The number of hydrogen-bond donors (Lipinski definition) is 1. The summed E-state index contributed by atoms with van der Waals surface area (Å²) in [4.78, 5) is 18.8. The van der Waals surface area contributed by atoms with Crippen LogP contribution in [0.5, 0.6) is 0 Å². The van der Waals surface area contributed by atoms with E-state index >= 15 is 0 Å². The molecular formula is C15H18N6OS3. The molecule has 0 bridgehead atoms. The highest BCUT2D eigenvalue weighted by atomic mass is 32.2. The number of carbonyl (C=O) groups is 1. The molecule has 3 aromatic heterocycles. The quantitative estimate of drug-likeness (QED) is 0.591. The van der Waals surface area contributed by atoms with Gasteiger partial charge < -0.3 is 5.32 Å². The van der Waals surface area contributed by atoms with Gasteiger partial charge in [0.1, 0.15) is 0 Å². The van der Waals surface area contributed by atoms with Crippen LogP contribution in [0, 0.1) is 6.92 Å². The Morgan fingerprint density at radius 2 is 2.28 bits per heavy atom. The van der Waals surface area contributed by atoms with Crippen molar-refractivity contribution in [3.05, 3.63) is 27.4 Å². The van der Waals surface area contributed by atoms with Crippen molar-refractivity contribution in [1.82, 2.24) is 30.5 Å². The first-order valence-corrected chi connectivity index (χ1v) is 10.4. The van der Waals surface area contributed by atoms with Gasteiger partial charge in [0.25, 0.3) is 0 Å². The van der Waals surface area contributed by atoms with Crippen LogP contribution in [0.3, 0.4) is 0 Å². The number of rotatable bonds is 8. The molecule has 0 fully saturated rings. The molecule has 3 aromatic rings. The molecule has 0 aliphatic heterocycles. The van der Waals surface area contributed by atoms with E-state index < -0.39 is 0 Å². The molecule has 132 valence electrons. The maximum absolute atomic E-state index is 11.9. The first-order chi connectivity index (χ1) is 12.1. The maximum Gasteiger partial charge on any atom is 0.220 e. The lowest BCUT2D eigenvalue weighted by atomic mass is 10.3. The number of aryl methyl sites for hydroxylation is 2. The Morgan fingerprint density at radius 3 is 3.00 bits per heavy atom. The van der Waals surface area contributed by atoms with Crippen molar-refractivity contribution in [3.63, 3.8) is 0 Å². The Balaban J connectivity index is 1.37.